The van der Waals surface area contributed by atoms with Gasteiger partial charge >= 0.3 is 0 Å². The lowest BCUT2D eigenvalue weighted by molar-refractivity contribution is 0.100. The van der Waals surface area contributed by atoms with Crippen LogP contribution in [0.3, 0.4) is 0 Å². The van der Waals surface area contributed by atoms with E-state index in [0.29, 0.717) is 15.7 Å². The Labute approximate surface area is 90.6 Å². The van der Waals surface area contributed by atoms with Crippen LogP contribution < -0.4 is 11.5 Å². The summed E-state index contributed by atoms with van der Waals surface area (Å²) in [6.07, 6.45) is 0. The van der Waals surface area contributed by atoms with Gasteiger partial charge in [0.25, 0.3) is 5.91 Å². The van der Waals surface area contributed by atoms with Gasteiger partial charge in [-0.25, -0.2) is 4.98 Å². The first-order chi connectivity index (χ1) is 7.18. The van der Waals surface area contributed by atoms with Crippen LogP contribution in [0.1, 0.15) is 9.67 Å². The van der Waals surface area contributed by atoms with E-state index in [1.807, 2.05) is 30.3 Å². The third-order valence-corrected chi connectivity index (χ3v) is 2.81. The number of hydrogen-bond acceptors (Lipinski definition) is 4. The van der Waals surface area contributed by atoms with Gasteiger partial charge in [0.2, 0.25) is 0 Å². The highest BCUT2D eigenvalue weighted by molar-refractivity contribution is 7.17. The van der Waals surface area contributed by atoms with Crippen LogP contribution in [0.5, 0.6) is 0 Å². The Morgan fingerprint density at radius 1 is 1.27 bits per heavy atom. The van der Waals surface area contributed by atoms with E-state index in [9.17, 15) is 4.79 Å². The molecule has 0 saturated carbocycles. The van der Waals surface area contributed by atoms with Crippen molar-refractivity contribution in [3.05, 3.63) is 35.2 Å². The first kappa shape index (κ1) is 9.67. The standard InChI is InChI=1S/C10H9N3OS/c11-9(14)8-7(13-10(12)15-8)6-4-2-1-3-5-6/h1-5H,(H2,11,14)(H2,12,13). The third kappa shape index (κ3) is 1.82. The van der Waals surface area contributed by atoms with Gasteiger partial charge in [0.05, 0.1) is 5.69 Å². The Kier molecular flexibility index (Phi) is 2.39. The smallest absolute Gasteiger partial charge is 0.261 e. The second kappa shape index (κ2) is 3.70. The number of rotatable bonds is 2. The molecule has 0 unspecified atom stereocenters. The number of thiazole rings is 1. The maximum atomic E-state index is 11.1. The molecule has 0 radical (unpaired) electrons. The molecule has 0 atom stereocenters. The van der Waals surface area contributed by atoms with Crippen molar-refractivity contribution in [2.75, 3.05) is 5.73 Å². The van der Waals surface area contributed by atoms with Crippen LogP contribution in [0.4, 0.5) is 5.13 Å². The molecule has 4 nitrogen and oxygen atoms in total. The van der Waals surface area contributed by atoms with E-state index >= 15 is 0 Å². The van der Waals surface area contributed by atoms with Crippen molar-refractivity contribution in [3.63, 3.8) is 0 Å². The molecule has 0 saturated heterocycles. The van der Waals surface area contributed by atoms with E-state index in [-0.39, 0.29) is 0 Å². The topological polar surface area (TPSA) is 82.0 Å². The zero-order chi connectivity index (χ0) is 10.8. The largest absolute Gasteiger partial charge is 0.375 e. The predicted octanol–water partition coefficient (Wildman–Crippen LogP) is 1.49. The van der Waals surface area contributed by atoms with E-state index < -0.39 is 5.91 Å². The number of carbonyl (C=O) groups excluding carboxylic acids is 1. The number of hydrogen-bond donors (Lipinski definition) is 2. The second-order valence-electron chi connectivity index (χ2n) is 2.96. The molecule has 2 aromatic rings. The van der Waals surface area contributed by atoms with Crippen LogP contribution in [0.15, 0.2) is 30.3 Å². The normalized spacial score (nSPS) is 10.1. The average Bonchev–Trinajstić information content (AvgIpc) is 2.62. The summed E-state index contributed by atoms with van der Waals surface area (Å²) in [6, 6.07) is 9.36. The SMILES string of the molecule is NC(=O)c1sc(N)nc1-c1ccccc1. The molecule has 76 valence electrons. The Balaban J connectivity index is 2.58. The van der Waals surface area contributed by atoms with Gasteiger partial charge in [-0.3, -0.25) is 4.79 Å². The first-order valence-corrected chi connectivity index (χ1v) is 5.11. The Hall–Kier alpha value is -1.88. The molecule has 1 heterocycles. The Morgan fingerprint density at radius 3 is 2.53 bits per heavy atom. The molecular formula is C10H9N3OS. The fourth-order valence-electron chi connectivity index (χ4n) is 1.30. The minimum atomic E-state index is -0.497. The molecule has 2 rings (SSSR count). The molecule has 0 aliphatic heterocycles. The van der Waals surface area contributed by atoms with Crippen molar-refractivity contribution >= 4 is 22.4 Å². The highest BCUT2D eigenvalue weighted by Crippen LogP contribution is 2.28. The number of aromatic nitrogens is 1. The highest BCUT2D eigenvalue weighted by atomic mass is 32.1. The van der Waals surface area contributed by atoms with Gasteiger partial charge in [0.15, 0.2) is 5.13 Å². The summed E-state index contributed by atoms with van der Waals surface area (Å²) in [5.41, 5.74) is 12.2. The fourth-order valence-corrected chi connectivity index (χ4v) is 2.00. The third-order valence-electron chi connectivity index (χ3n) is 1.91. The lowest BCUT2D eigenvalue weighted by Gasteiger charge is -1.97. The van der Waals surface area contributed by atoms with Gasteiger partial charge in [-0.2, -0.15) is 0 Å². The van der Waals surface area contributed by atoms with Crippen LogP contribution in [0.25, 0.3) is 11.3 Å². The van der Waals surface area contributed by atoms with Gasteiger partial charge < -0.3 is 11.5 Å². The van der Waals surface area contributed by atoms with Crippen molar-refractivity contribution in [3.8, 4) is 11.3 Å². The molecule has 15 heavy (non-hydrogen) atoms. The number of nitrogens with zero attached hydrogens (tertiary/aromatic N) is 1. The lowest BCUT2D eigenvalue weighted by Crippen LogP contribution is -2.10. The zero-order valence-electron chi connectivity index (χ0n) is 7.81. The summed E-state index contributed by atoms with van der Waals surface area (Å²) in [5.74, 6) is -0.497. The number of benzene rings is 1. The number of carbonyl (C=O) groups is 1. The predicted molar refractivity (Wildman–Crippen MR) is 60.5 cm³/mol. The summed E-state index contributed by atoms with van der Waals surface area (Å²) in [7, 11) is 0. The number of primary amides is 1. The van der Waals surface area contributed by atoms with Crippen LogP contribution in [-0.4, -0.2) is 10.9 Å². The molecule has 0 bridgehead atoms. The molecule has 0 fully saturated rings. The molecule has 0 aliphatic rings. The van der Waals surface area contributed by atoms with E-state index in [0.717, 1.165) is 16.9 Å². The van der Waals surface area contributed by atoms with Gasteiger partial charge in [-0.1, -0.05) is 41.7 Å². The summed E-state index contributed by atoms with van der Waals surface area (Å²) in [6.45, 7) is 0. The molecule has 1 amide bonds. The maximum absolute atomic E-state index is 11.1. The highest BCUT2D eigenvalue weighted by Gasteiger charge is 2.15. The van der Waals surface area contributed by atoms with Crippen LogP contribution in [0, 0.1) is 0 Å². The molecule has 1 aromatic heterocycles. The van der Waals surface area contributed by atoms with Gasteiger partial charge in [0.1, 0.15) is 4.88 Å². The van der Waals surface area contributed by atoms with Crippen LogP contribution in [0.2, 0.25) is 0 Å². The summed E-state index contributed by atoms with van der Waals surface area (Å²) < 4.78 is 0. The van der Waals surface area contributed by atoms with Crippen molar-refractivity contribution in [1.82, 2.24) is 4.98 Å². The van der Waals surface area contributed by atoms with Crippen LogP contribution in [-0.2, 0) is 0 Å². The monoisotopic (exact) mass is 219 g/mol. The number of amides is 1. The number of nitrogens with two attached hydrogens (primary N) is 2. The van der Waals surface area contributed by atoms with Crippen molar-refractivity contribution in [2.24, 2.45) is 5.73 Å². The molecule has 4 N–H and O–H groups in total. The van der Waals surface area contributed by atoms with Gasteiger partial charge in [-0.15, -0.1) is 0 Å². The van der Waals surface area contributed by atoms with E-state index in [1.54, 1.807) is 0 Å². The van der Waals surface area contributed by atoms with Crippen LogP contribution >= 0.6 is 11.3 Å². The lowest BCUT2D eigenvalue weighted by atomic mass is 10.1. The Bertz CT molecular complexity index is 493. The quantitative estimate of drug-likeness (QED) is 0.802. The van der Waals surface area contributed by atoms with Crippen molar-refractivity contribution in [2.45, 2.75) is 0 Å². The summed E-state index contributed by atoms with van der Waals surface area (Å²) >= 11 is 1.11. The molecular weight excluding hydrogens is 210 g/mol. The van der Waals surface area contributed by atoms with Gasteiger partial charge in [0, 0.05) is 5.56 Å². The summed E-state index contributed by atoms with van der Waals surface area (Å²) in [5, 5.41) is 0.350. The number of anilines is 1. The van der Waals surface area contributed by atoms with E-state index in [1.165, 1.54) is 0 Å². The summed E-state index contributed by atoms with van der Waals surface area (Å²) in [4.78, 5) is 15.6. The Morgan fingerprint density at radius 2 is 1.93 bits per heavy atom. The average molecular weight is 219 g/mol. The maximum Gasteiger partial charge on any atom is 0.261 e. The second-order valence-corrected chi connectivity index (χ2v) is 3.99. The molecule has 0 aliphatic carbocycles. The van der Waals surface area contributed by atoms with E-state index in [4.69, 9.17) is 11.5 Å². The minimum Gasteiger partial charge on any atom is -0.375 e. The first-order valence-electron chi connectivity index (χ1n) is 4.30. The number of nitrogen functional groups attached to an aromatic ring is 1. The van der Waals surface area contributed by atoms with Gasteiger partial charge in [-0.05, 0) is 0 Å². The molecule has 1 aromatic carbocycles. The van der Waals surface area contributed by atoms with E-state index in [2.05, 4.69) is 4.98 Å². The zero-order valence-corrected chi connectivity index (χ0v) is 8.62. The fraction of sp³-hybridized carbons (Fsp3) is 0. The molecule has 0 spiro atoms. The van der Waals surface area contributed by atoms with Crippen molar-refractivity contribution < 1.29 is 4.79 Å². The minimum absolute atomic E-state index is 0.350. The molecule has 5 heteroatoms. The van der Waals surface area contributed by atoms with Crippen molar-refractivity contribution in [1.29, 1.82) is 0 Å².